The predicted molar refractivity (Wildman–Crippen MR) is 47.7 cm³/mol. The summed E-state index contributed by atoms with van der Waals surface area (Å²) in [5.74, 6) is -1.99. The molecule has 4 heteroatoms. The van der Waals surface area contributed by atoms with Gasteiger partial charge in [0.05, 0.1) is 5.56 Å². The van der Waals surface area contributed by atoms with Crippen LogP contribution in [0.15, 0.2) is 18.2 Å². The molecular weight excluding hydrogens is 187 g/mol. The zero-order valence-electron chi connectivity index (χ0n) is 7.58. The summed E-state index contributed by atoms with van der Waals surface area (Å²) in [7, 11) is 0. The Morgan fingerprint density at radius 1 is 1.43 bits per heavy atom. The van der Waals surface area contributed by atoms with E-state index in [1.807, 2.05) is 0 Å². The lowest BCUT2D eigenvalue weighted by Gasteiger charge is -2.03. The second kappa shape index (κ2) is 4.00. The third kappa shape index (κ3) is 2.39. The van der Waals surface area contributed by atoms with E-state index in [0.29, 0.717) is 5.56 Å². The van der Waals surface area contributed by atoms with E-state index in [0.717, 1.165) is 12.1 Å². The van der Waals surface area contributed by atoms with Gasteiger partial charge >= 0.3 is 5.97 Å². The Bertz CT molecular complexity index is 385. The number of ketones is 1. The van der Waals surface area contributed by atoms with Gasteiger partial charge in [-0.2, -0.15) is 0 Å². The van der Waals surface area contributed by atoms with Crippen LogP contribution in [0.25, 0.3) is 0 Å². The number of hydrogen-bond donors (Lipinski definition) is 1. The normalized spacial score (nSPS) is 9.86. The molecule has 0 unspecified atom stereocenters. The van der Waals surface area contributed by atoms with Crippen molar-refractivity contribution in [3.05, 3.63) is 35.1 Å². The standard InChI is InChI=1S/C10H9FO3/c1-6(12)4-7-2-3-8(11)5-9(7)10(13)14/h2-3,5H,4H2,1H3,(H,13,14). The maximum atomic E-state index is 12.7. The first-order chi connectivity index (χ1) is 6.50. The first-order valence-electron chi connectivity index (χ1n) is 4.02. The Morgan fingerprint density at radius 2 is 2.07 bits per heavy atom. The minimum atomic E-state index is -1.22. The molecule has 3 nitrogen and oxygen atoms in total. The van der Waals surface area contributed by atoms with Crippen LogP contribution >= 0.6 is 0 Å². The van der Waals surface area contributed by atoms with Gasteiger partial charge in [-0.25, -0.2) is 9.18 Å². The van der Waals surface area contributed by atoms with Crippen LogP contribution in [0.2, 0.25) is 0 Å². The molecule has 1 rings (SSSR count). The van der Waals surface area contributed by atoms with Crippen LogP contribution in [-0.4, -0.2) is 16.9 Å². The summed E-state index contributed by atoms with van der Waals surface area (Å²) in [6.07, 6.45) is 0.0158. The number of carboxylic acid groups (broad SMARTS) is 1. The zero-order valence-corrected chi connectivity index (χ0v) is 7.58. The van der Waals surface area contributed by atoms with Crippen LogP contribution in [0, 0.1) is 5.82 Å². The lowest BCUT2D eigenvalue weighted by molar-refractivity contribution is -0.116. The third-order valence-electron chi connectivity index (χ3n) is 1.74. The van der Waals surface area contributed by atoms with Crippen molar-refractivity contribution in [2.45, 2.75) is 13.3 Å². The molecule has 0 heterocycles. The Morgan fingerprint density at radius 3 is 2.57 bits per heavy atom. The minimum absolute atomic E-state index is 0.0158. The number of hydrogen-bond acceptors (Lipinski definition) is 2. The lowest BCUT2D eigenvalue weighted by Crippen LogP contribution is -2.06. The maximum absolute atomic E-state index is 12.7. The predicted octanol–water partition coefficient (Wildman–Crippen LogP) is 1.66. The number of aromatic carboxylic acids is 1. The van der Waals surface area contributed by atoms with Gasteiger partial charge in [0.2, 0.25) is 0 Å². The topological polar surface area (TPSA) is 54.4 Å². The van der Waals surface area contributed by atoms with Crippen molar-refractivity contribution in [2.75, 3.05) is 0 Å². The first kappa shape index (κ1) is 10.4. The number of rotatable bonds is 3. The Kier molecular flexibility index (Phi) is 2.96. The number of carbonyl (C=O) groups is 2. The fourth-order valence-electron chi connectivity index (χ4n) is 1.17. The highest BCUT2D eigenvalue weighted by atomic mass is 19.1. The quantitative estimate of drug-likeness (QED) is 0.799. The molecule has 0 spiro atoms. The van der Waals surface area contributed by atoms with Crippen LogP contribution in [-0.2, 0) is 11.2 Å². The molecule has 0 saturated carbocycles. The third-order valence-corrected chi connectivity index (χ3v) is 1.74. The van der Waals surface area contributed by atoms with Gasteiger partial charge in [-0.15, -0.1) is 0 Å². The van der Waals surface area contributed by atoms with Gasteiger partial charge in [-0.05, 0) is 24.6 Å². The van der Waals surface area contributed by atoms with Crippen molar-refractivity contribution in [3.8, 4) is 0 Å². The smallest absolute Gasteiger partial charge is 0.336 e. The van der Waals surface area contributed by atoms with E-state index in [1.54, 1.807) is 0 Å². The highest BCUT2D eigenvalue weighted by Crippen LogP contribution is 2.12. The molecule has 0 aliphatic rings. The van der Waals surface area contributed by atoms with Gasteiger partial charge in [0.1, 0.15) is 11.6 Å². The van der Waals surface area contributed by atoms with Crippen molar-refractivity contribution < 1.29 is 19.1 Å². The second-order valence-corrected chi connectivity index (χ2v) is 2.99. The summed E-state index contributed by atoms with van der Waals surface area (Å²) in [4.78, 5) is 21.5. The molecule has 1 aromatic carbocycles. The van der Waals surface area contributed by atoms with E-state index in [-0.39, 0.29) is 17.8 Å². The summed E-state index contributed by atoms with van der Waals surface area (Å²) in [6.45, 7) is 1.36. The molecule has 0 bridgehead atoms. The molecule has 14 heavy (non-hydrogen) atoms. The second-order valence-electron chi connectivity index (χ2n) is 2.99. The Labute approximate surface area is 80.2 Å². The molecule has 1 N–H and O–H groups in total. The maximum Gasteiger partial charge on any atom is 0.336 e. The average molecular weight is 196 g/mol. The average Bonchev–Trinajstić information content (AvgIpc) is 2.07. The van der Waals surface area contributed by atoms with Crippen LogP contribution in [0.4, 0.5) is 4.39 Å². The highest BCUT2D eigenvalue weighted by Gasteiger charge is 2.12. The van der Waals surface area contributed by atoms with Crippen molar-refractivity contribution in [2.24, 2.45) is 0 Å². The van der Waals surface area contributed by atoms with Gasteiger partial charge in [-0.1, -0.05) is 6.07 Å². The summed E-state index contributed by atoms with van der Waals surface area (Å²) < 4.78 is 12.7. The van der Waals surface area contributed by atoms with Crippen molar-refractivity contribution in [3.63, 3.8) is 0 Å². The van der Waals surface area contributed by atoms with Crippen LogP contribution < -0.4 is 0 Å². The highest BCUT2D eigenvalue weighted by molar-refractivity contribution is 5.91. The molecule has 0 amide bonds. The SMILES string of the molecule is CC(=O)Cc1ccc(F)cc1C(=O)O. The molecule has 0 fully saturated rings. The van der Waals surface area contributed by atoms with Gasteiger partial charge in [0, 0.05) is 6.42 Å². The summed E-state index contributed by atoms with van der Waals surface area (Å²) in [5, 5.41) is 8.73. The van der Waals surface area contributed by atoms with Crippen LogP contribution in [0.5, 0.6) is 0 Å². The van der Waals surface area contributed by atoms with E-state index < -0.39 is 11.8 Å². The van der Waals surface area contributed by atoms with Gasteiger partial charge in [0.15, 0.2) is 0 Å². The largest absolute Gasteiger partial charge is 0.478 e. The van der Waals surface area contributed by atoms with E-state index in [2.05, 4.69) is 0 Å². The number of Topliss-reactive ketones (excluding diaryl/α,β-unsaturated/α-hetero) is 1. The number of halogens is 1. The number of carbonyl (C=O) groups excluding carboxylic acids is 1. The van der Waals surface area contributed by atoms with Crippen LogP contribution in [0.3, 0.4) is 0 Å². The fraction of sp³-hybridized carbons (Fsp3) is 0.200. The molecule has 0 radical (unpaired) electrons. The van der Waals surface area contributed by atoms with Gasteiger partial charge < -0.3 is 5.11 Å². The molecular formula is C10H9FO3. The van der Waals surface area contributed by atoms with Gasteiger partial charge in [-0.3, -0.25) is 4.79 Å². The lowest BCUT2D eigenvalue weighted by atomic mass is 10.0. The molecule has 0 saturated heterocycles. The Hall–Kier alpha value is -1.71. The zero-order chi connectivity index (χ0) is 10.7. The van der Waals surface area contributed by atoms with Gasteiger partial charge in [0.25, 0.3) is 0 Å². The van der Waals surface area contributed by atoms with Crippen molar-refractivity contribution in [1.29, 1.82) is 0 Å². The van der Waals surface area contributed by atoms with Crippen molar-refractivity contribution >= 4 is 11.8 Å². The number of carboxylic acids is 1. The van der Waals surface area contributed by atoms with Crippen LogP contribution in [0.1, 0.15) is 22.8 Å². The van der Waals surface area contributed by atoms with Crippen molar-refractivity contribution in [1.82, 2.24) is 0 Å². The monoisotopic (exact) mass is 196 g/mol. The van der Waals surface area contributed by atoms with E-state index >= 15 is 0 Å². The van der Waals surface area contributed by atoms with E-state index in [1.165, 1.54) is 13.0 Å². The molecule has 0 aliphatic carbocycles. The molecule has 74 valence electrons. The number of benzene rings is 1. The molecule has 0 atom stereocenters. The molecule has 1 aromatic rings. The summed E-state index contributed by atoms with van der Waals surface area (Å²) in [5.41, 5.74) is 0.187. The Balaban J connectivity index is 3.14. The summed E-state index contributed by atoms with van der Waals surface area (Å²) >= 11 is 0. The van der Waals surface area contributed by atoms with E-state index in [4.69, 9.17) is 5.11 Å². The van der Waals surface area contributed by atoms with E-state index in [9.17, 15) is 14.0 Å². The summed E-state index contributed by atoms with van der Waals surface area (Å²) in [6, 6.07) is 3.38. The molecule has 0 aliphatic heterocycles. The minimum Gasteiger partial charge on any atom is -0.478 e. The fourth-order valence-corrected chi connectivity index (χ4v) is 1.17. The first-order valence-corrected chi connectivity index (χ1v) is 4.02. The molecule has 0 aromatic heterocycles.